The van der Waals surface area contributed by atoms with Crippen molar-refractivity contribution < 1.29 is 0 Å². The Morgan fingerprint density at radius 2 is 2.14 bits per heavy atom. The molecule has 0 N–H and O–H groups in total. The fourth-order valence-corrected chi connectivity index (χ4v) is 1.16. The summed E-state index contributed by atoms with van der Waals surface area (Å²) in [5.74, 6) is 0. The molecule has 5 heteroatoms. The van der Waals surface area contributed by atoms with Crippen LogP contribution in [0.3, 0.4) is 0 Å². The zero-order chi connectivity index (χ0) is 10.7. The second kappa shape index (κ2) is 4.41. The normalized spacial score (nSPS) is 11.6. The average molecular weight is 198 g/mol. The van der Waals surface area contributed by atoms with Gasteiger partial charge < -0.3 is 4.90 Å². The van der Waals surface area contributed by atoms with E-state index in [1.807, 2.05) is 32.8 Å². The molecule has 5 nitrogen and oxygen atoms in total. The first-order valence-corrected chi connectivity index (χ1v) is 4.81. The molecule has 0 unspecified atom stereocenters. The third kappa shape index (κ3) is 2.45. The van der Waals surface area contributed by atoms with Gasteiger partial charge in [0.2, 0.25) is 0 Å². The number of aromatic nitrogens is 3. The number of hydrogen-bond donors (Lipinski definition) is 0. The summed E-state index contributed by atoms with van der Waals surface area (Å²) in [5.41, 5.74) is -0.0261. The van der Waals surface area contributed by atoms with Gasteiger partial charge in [0, 0.05) is 13.1 Å². The molecule has 0 fully saturated rings. The Morgan fingerprint density at radius 3 is 2.57 bits per heavy atom. The van der Waals surface area contributed by atoms with Crippen molar-refractivity contribution >= 4 is 0 Å². The second-order valence-electron chi connectivity index (χ2n) is 3.95. The van der Waals surface area contributed by atoms with Crippen molar-refractivity contribution in [1.29, 1.82) is 0 Å². The zero-order valence-corrected chi connectivity index (χ0v) is 9.27. The van der Waals surface area contributed by atoms with Crippen LogP contribution in [0.4, 0.5) is 0 Å². The molecule has 0 bridgehead atoms. The predicted octanol–water partition coefficient (Wildman–Crippen LogP) is 0.187. The number of nitrogens with zero attached hydrogens (tertiary/aromatic N) is 4. The molecule has 1 aromatic heterocycles. The van der Waals surface area contributed by atoms with E-state index in [1.54, 1.807) is 10.9 Å². The van der Waals surface area contributed by atoms with E-state index in [0.717, 1.165) is 6.54 Å². The molecule has 14 heavy (non-hydrogen) atoms. The summed E-state index contributed by atoms with van der Waals surface area (Å²) < 4.78 is 3.13. The van der Waals surface area contributed by atoms with Gasteiger partial charge >= 0.3 is 5.69 Å². The maximum atomic E-state index is 11.7. The van der Waals surface area contributed by atoms with E-state index < -0.39 is 0 Å². The number of hydrogen-bond acceptors (Lipinski definition) is 3. The summed E-state index contributed by atoms with van der Waals surface area (Å²) in [6.45, 7) is 5.44. The van der Waals surface area contributed by atoms with E-state index in [1.165, 1.54) is 4.68 Å². The van der Waals surface area contributed by atoms with Crippen molar-refractivity contribution in [2.24, 2.45) is 0 Å². The van der Waals surface area contributed by atoms with Crippen LogP contribution in [0.1, 0.15) is 19.9 Å². The molecule has 1 rings (SSSR count). The Morgan fingerprint density at radius 1 is 1.50 bits per heavy atom. The topological polar surface area (TPSA) is 43.1 Å². The molecule has 1 heterocycles. The van der Waals surface area contributed by atoms with Crippen LogP contribution in [0.15, 0.2) is 11.1 Å². The summed E-state index contributed by atoms with van der Waals surface area (Å²) in [5, 5.41) is 4.04. The van der Waals surface area contributed by atoms with Gasteiger partial charge in [-0.05, 0) is 27.9 Å². The molecule has 0 aliphatic rings. The van der Waals surface area contributed by atoms with Gasteiger partial charge in [-0.3, -0.25) is 4.57 Å². The molecule has 1 aromatic rings. The first kappa shape index (κ1) is 11.0. The minimum absolute atomic E-state index is 0.0261. The molecule has 0 aliphatic carbocycles. The van der Waals surface area contributed by atoms with Gasteiger partial charge in [-0.2, -0.15) is 5.10 Å². The molecular weight excluding hydrogens is 180 g/mol. The molecular formula is C9H18N4O. The van der Waals surface area contributed by atoms with Crippen molar-refractivity contribution in [2.75, 3.05) is 20.6 Å². The molecule has 0 saturated carbocycles. The molecule has 0 aliphatic heterocycles. The lowest BCUT2D eigenvalue weighted by atomic mass is 10.4. The zero-order valence-electron chi connectivity index (χ0n) is 9.27. The van der Waals surface area contributed by atoms with Gasteiger partial charge in [-0.15, -0.1) is 0 Å². The van der Waals surface area contributed by atoms with E-state index in [4.69, 9.17) is 0 Å². The van der Waals surface area contributed by atoms with Gasteiger partial charge in [0.25, 0.3) is 0 Å². The fraction of sp³-hybridized carbons (Fsp3) is 0.778. The van der Waals surface area contributed by atoms with Gasteiger partial charge in [-0.25, -0.2) is 9.48 Å². The Kier molecular flexibility index (Phi) is 3.46. The fourth-order valence-electron chi connectivity index (χ4n) is 1.16. The minimum Gasteiger partial charge on any atom is -0.308 e. The molecule has 0 aromatic carbocycles. The first-order chi connectivity index (χ1) is 6.52. The summed E-state index contributed by atoms with van der Waals surface area (Å²) in [6.07, 6.45) is 1.60. The van der Waals surface area contributed by atoms with Crippen molar-refractivity contribution in [3.05, 3.63) is 16.8 Å². The van der Waals surface area contributed by atoms with Gasteiger partial charge in [-0.1, -0.05) is 0 Å². The summed E-state index contributed by atoms with van der Waals surface area (Å²) in [6, 6.07) is 0.128. The molecule has 0 atom stereocenters. The van der Waals surface area contributed by atoms with Crippen LogP contribution in [-0.4, -0.2) is 39.9 Å². The minimum atomic E-state index is -0.0261. The molecule has 0 spiro atoms. The largest absolute Gasteiger partial charge is 0.345 e. The Hall–Kier alpha value is -1.10. The van der Waals surface area contributed by atoms with Crippen molar-refractivity contribution in [3.63, 3.8) is 0 Å². The van der Waals surface area contributed by atoms with Crippen molar-refractivity contribution in [2.45, 2.75) is 26.4 Å². The Balaban J connectivity index is 2.75. The van der Waals surface area contributed by atoms with Crippen LogP contribution >= 0.6 is 0 Å². The van der Waals surface area contributed by atoms with E-state index in [2.05, 4.69) is 5.10 Å². The van der Waals surface area contributed by atoms with Crippen LogP contribution < -0.4 is 5.69 Å². The highest BCUT2D eigenvalue weighted by molar-refractivity contribution is 4.71. The predicted molar refractivity (Wildman–Crippen MR) is 55.4 cm³/mol. The van der Waals surface area contributed by atoms with Gasteiger partial charge in [0.15, 0.2) is 0 Å². The lowest BCUT2D eigenvalue weighted by Gasteiger charge is -2.08. The lowest BCUT2D eigenvalue weighted by Crippen LogP contribution is -2.29. The highest BCUT2D eigenvalue weighted by Crippen LogP contribution is 1.95. The monoisotopic (exact) mass is 198 g/mol. The maximum Gasteiger partial charge on any atom is 0.345 e. The Bertz CT molecular complexity index is 337. The van der Waals surface area contributed by atoms with E-state index >= 15 is 0 Å². The second-order valence-corrected chi connectivity index (χ2v) is 3.95. The van der Waals surface area contributed by atoms with E-state index in [-0.39, 0.29) is 11.7 Å². The number of rotatable bonds is 4. The van der Waals surface area contributed by atoms with Crippen molar-refractivity contribution in [3.8, 4) is 0 Å². The van der Waals surface area contributed by atoms with E-state index in [9.17, 15) is 4.79 Å². The van der Waals surface area contributed by atoms with Crippen LogP contribution in [0.2, 0.25) is 0 Å². The molecule has 80 valence electrons. The van der Waals surface area contributed by atoms with Crippen molar-refractivity contribution in [1.82, 2.24) is 19.2 Å². The van der Waals surface area contributed by atoms with Crippen LogP contribution in [0.5, 0.6) is 0 Å². The Labute approximate surface area is 83.9 Å². The van der Waals surface area contributed by atoms with E-state index in [0.29, 0.717) is 6.54 Å². The highest BCUT2D eigenvalue weighted by Gasteiger charge is 2.06. The first-order valence-electron chi connectivity index (χ1n) is 4.81. The van der Waals surface area contributed by atoms with Gasteiger partial charge in [0.1, 0.15) is 6.33 Å². The smallest absolute Gasteiger partial charge is 0.308 e. The molecule has 0 amide bonds. The van der Waals surface area contributed by atoms with Gasteiger partial charge in [0.05, 0.1) is 6.04 Å². The van der Waals surface area contributed by atoms with Crippen LogP contribution in [0, 0.1) is 0 Å². The summed E-state index contributed by atoms with van der Waals surface area (Å²) >= 11 is 0. The third-order valence-electron chi connectivity index (χ3n) is 2.03. The molecule has 0 radical (unpaired) electrons. The lowest BCUT2D eigenvalue weighted by molar-refractivity contribution is 0.378. The quantitative estimate of drug-likeness (QED) is 0.693. The third-order valence-corrected chi connectivity index (χ3v) is 2.03. The summed E-state index contributed by atoms with van der Waals surface area (Å²) in [7, 11) is 3.97. The SMILES string of the molecule is CC(C)n1ncn(CCN(C)C)c1=O. The maximum absolute atomic E-state index is 11.7. The average Bonchev–Trinajstić information content (AvgIpc) is 2.43. The standard InChI is InChI=1S/C9H18N4O/c1-8(2)13-9(14)12(7-10-13)6-5-11(3)4/h7-8H,5-6H2,1-4H3. The van der Waals surface area contributed by atoms with Crippen LogP contribution in [-0.2, 0) is 6.54 Å². The molecule has 0 saturated heterocycles. The van der Waals surface area contributed by atoms with Crippen LogP contribution in [0.25, 0.3) is 0 Å². The highest BCUT2D eigenvalue weighted by atomic mass is 16.2. The number of likely N-dealkylation sites (N-methyl/N-ethyl adjacent to an activating group) is 1. The summed E-state index contributed by atoms with van der Waals surface area (Å²) in [4.78, 5) is 13.7.